The maximum Gasteiger partial charge on any atom is 0.286 e. The standard InChI is InChI=1S/C20H24N4O6/c1-29-17-9-14(16(24(27)28)11-18(17)30-2)20(26)21-7-8-23-12-22-15(10-19(23)25)13-5-3-4-6-13/h9-13H,3-8H2,1-2H3,(H,21,26). The molecular formula is C20H24N4O6. The van der Waals surface area contributed by atoms with Gasteiger partial charge in [0.05, 0.1) is 37.2 Å². The highest BCUT2D eigenvalue weighted by Gasteiger charge is 2.24. The fourth-order valence-electron chi connectivity index (χ4n) is 3.64. The Morgan fingerprint density at radius 2 is 1.90 bits per heavy atom. The van der Waals surface area contributed by atoms with Crippen LogP contribution in [0.15, 0.2) is 29.3 Å². The lowest BCUT2D eigenvalue weighted by atomic mass is 10.0. The maximum absolute atomic E-state index is 12.5. The molecule has 0 unspecified atom stereocenters. The molecule has 1 aromatic carbocycles. The molecule has 0 bridgehead atoms. The number of hydrogen-bond acceptors (Lipinski definition) is 7. The number of carbonyl (C=O) groups is 1. The van der Waals surface area contributed by atoms with E-state index in [9.17, 15) is 19.7 Å². The van der Waals surface area contributed by atoms with E-state index in [0.29, 0.717) is 5.92 Å². The van der Waals surface area contributed by atoms with Crippen molar-refractivity contribution in [2.75, 3.05) is 20.8 Å². The summed E-state index contributed by atoms with van der Waals surface area (Å²) in [6.07, 6.45) is 5.90. The van der Waals surface area contributed by atoms with E-state index in [1.165, 1.54) is 31.2 Å². The predicted octanol–water partition coefficient (Wildman–Crippen LogP) is 2.26. The maximum atomic E-state index is 12.5. The van der Waals surface area contributed by atoms with Crippen molar-refractivity contribution in [3.63, 3.8) is 0 Å². The number of nitrogens with zero attached hydrogens (tertiary/aromatic N) is 3. The summed E-state index contributed by atoms with van der Waals surface area (Å²) in [5, 5.41) is 14.0. The van der Waals surface area contributed by atoms with E-state index in [1.807, 2.05) is 0 Å². The second-order valence-corrected chi connectivity index (χ2v) is 7.06. The molecular weight excluding hydrogens is 392 g/mol. The number of carbonyl (C=O) groups excluding carboxylic acids is 1. The van der Waals surface area contributed by atoms with Gasteiger partial charge in [-0.05, 0) is 12.8 Å². The Bertz CT molecular complexity index is 997. The van der Waals surface area contributed by atoms with Crippen LogP contribution < -0.4 is 20.3 Å². The second-order valence-electron chi connectivity index (χ2n) is 7.06. The van der Waals surface area contributed by atoms with Gasteiger partial charge in [0, 0.05) is 31.1 Å². The van der Waals surface area contributed by atoms with Crippen LogP contribution in [0.2, 0.25) is 0 Å². The molecule has 0 atom stereocenters. The zero-order valence-electron chi connectivity index (χ0n) is 16.9. The minimum Gasteiger partial charge on any atom is -0.493 e. The smallest absolute Gasteiger partial charge is 0.286 e. The molecule has 30 heavy (non-hydrogen) atoms. The molecule has 1 N–H and O–H groups in total. The number of methoxy groups -OCH3 is 2. The molecule has 1 saturated carbocycles. The average Bonchev–Trinajstić information content (AvgIpc) is 3.28. The summed E-state index contributed by atoms with van der Waals surface area (Å²) in [4.78, 5) is 39.9. The first-order chi connectivity index (χ1) is 14.4. The fourth-order valence-corrected chi connectivity index (χ4v) is 3.64. The van der Waals surface area contributed by atoms with Crippen molar-refractivity contribution in [3.05, 3.63) is 56.3 Å². The molecule has 1 aliphatic carbocycles. The quantitative estimate of drug-likeness (QED) is 0.517. The van der Waals surface area contributed by atoms with E-state index < -0.39 is 16.5 Å². The zero-order valence-corrected chi connectivity index (χ0v) is 16.9. The number of nitro benzene ring substituents is 1. The summed E-state index contributed by atoms with van der Waals surface area (Å²) in [6, 6.07) is 3.96. The molecule has 10 heteroatoms. The molecule has 0 saturated heterocycles. The third-order valence-electron chi connectivity index (χ3n) is 5.26. The number of nitro groups is 1. The van der Waals surface area contributed by atoms with Gasteiger partial charge in [-0.15, -0.1) is 0 Å². The molecule has 1 aromatic heterocycles. The van der Waals surface area contributed by atoms with Crippen LogP contribution in [-0.2, 0) is 6.54 Å². The van der Waals surface area contributed by atoms with Gasteiger partial charge >= 0.3 is 0 Å². The molecule has 1 heterocycles. The van der Waals surface area contributed by atoms with Crippen molar-refractivity contribution < 1.29 is 19.2 Å². The summed E-state index contributed by atoms with van der Waals surface area (Å²) in [7, 11) is 2.73. The van der Waals surface area contributed by atoms with Gasteiger partial charge < -0.3 is 14.8 Å². The third-order valence-corrected chi connectivity index (χ3v) is 5.26. The van der Waals surface area contributed by atoms with Crippen LogP contribution >= 0.6 is 0 Å². The van der Waals surface area contributed by atoms with Crippen LogP contribution in [0.3, 0.4) is 0 Å². The van der Waals surface area contributed by atoms with Gasteiger partial charge in [0.25, 0.3) is 17.2 Å². The van der Waals surface area contributed by atoms with Crippen molar-refractivity contribution in [3.8, 4) is 11.5 Å². The summed E-state index contributed by atoms with van der Waals surface area (Å²) in [5.41, 5.74) is 0.0848. The van der Waals surface area contributed by atoms with Crippen molar-refractivity contribution in [1.82, 2.24) is 14.9 Å². The number of hydrogen-bond donors (Lipinski definition) is 1. The minimum absolute atomic E-state index is 0.106. The Hall–Kier alpha value is -3.43. The third kappa shape index (κ3) is 4.58. The van der Waals surface area contributed by atoms with E-state index in [2.05, 4.69) is 10.3 Å². The van der Waals surface area contributed by atoms with Gasteiger partial charge in [-0.25, -0.2) is 4.98 Å². The van der Waals surface area contributed by atoms with Gasteiger partial charge in [-0.2, -0.15) is 0 Å². The Balaban J connectivity index is 1.68. The zero-order chi connectivity index (χ0) is 21.7. The molecule has 2 aromatic rings. The Kier molecular flexibility index (Phi) is 6.65. The minimum atomic E-state index is -0.660. The summed E-state index contributed by atoms with van der Waals surface area (Å²) >= 11 is 0. The van der Waals surface area contributed by atoms with Crippen LogP contribution in [0, 0.1) is 10.1 Å². The van der Waals surface area contributed by atoms with E-state index >= 15 is 0 Å². The highest BCUT2D eigenvalue weighted by atomic mass is 16.6. The number of amides is 1. The first kappa shape index (κ1) is 21.3. The number of aromatic nitrogens is 2. The monoisotopic (exact) mass is 416 g/mol. The summed E-state index contributed by atoms with van der Waals surface area (Å²) in [5.74, 6) is 0.0563. The fraction of sp³-hybridized carbons (Fsp3) is 0.450. The Morgan fingerprint density at radius 3 is 2.50 bits per heavy atom. The molecule has 3 rings (SSSR count). The highest BCUT2D eigenvalue weighted by molar-refractivity contribution is 5.99. The van der Waals surface area contributed by atoms with Crippen molar-refractivity contribution >= 4 is 11.6 Å². The lowest BCUT2D eigenvalue weighted by Crippen LogP contribution is -2.31. The van der Waals surface area contributed by atoms with Crippen molar-refractivity contribution in [2.45, 2.75) is 38.1 Å². The van der Waals surface area contributed by atoms with Crippen LogP contribution in [0.5, 0.6) is 11.5 Å². The molecule has 1 amide bonds. The first-order valence-corrected chi connectivity index (χ1v) is 9.69. The van der Waals surface area contributed by atoms with Gasteiger partial charge in [0.1, 0.15) is 5.56 Å². The van der Waals surface area contributed by atoms with Gasteiger partial charge in [0.2, 0.25) is 0 Å². The highest BCUT2D eigenvalue weighted by Crippen LogP contribution is 2.34. The lowest BCUT2D eigenvalue weighted by Gasteiger charge is -2.12. The molecule has 1 aliphatic rings. The second kappa shape index (κ2) is 9.38. The molecule has 1 fully saturated rings. The number of nitrogens with one attached hydrogen (secondary N) is 1. The van der Waals surface area contributed by atoms with E-state index in [4.69, 9.17) is 9.47 Å². The summed E-state index contributed by atoms with van der Waals surface area (Å²) in [6.45, 7) is 0.304. The first-order valence-electron chi connectivity index (χ1n) is 9.69. The number of benzene rings is 1. The normalized spacial score (nSPS) is 13.8. The van der Waals surface area contributed by atoms with Gasteiger partial charge in [-0.3, -0.25) is 24.3 Å². The van der Waals surface area contributed by atoms with Crippen LogP contribution in [-0.4, -0.2) is 41.1 Å². The van der Waals surface area contributed by atoms with Crippen molar-refractivity contribution in [2.24, 2.45) is 0 Å². The Morgan fingerprint density at radius 1 is 1.23 bits per heavy atom. The Labute approximate surface area is 173 Å². The molecule has 0 aliphatic heterocycles. The molecule has 0 spiro atoms. The number of ether oxygens (including phenoxy) is 2. The van der Waals surface area contributed by atoms with Gasteiger partial charge in [0.15, 0.2) is 11.5 Å². The largest absolute Gasteiger partial charge is 0.493 e. The molecule has 0 radical (unpaired) electrons. The number of rotatable bonds is 8. The molecule has 10 nitrogen and oxygen atoms in total. The SMILES string of the molecule is COc1cc(C(=O)NCCn2cnc(C3CCCC3)cc2=O)c([N+](=O)[O-])cc1OC. The summed E-state index contributed by atoms with van der Waals surface area (Å²) < 4.78 is 11.6. The van der Waals surface area contributed by atoms with Crippen molar-refractivity contribution in [1.29, 1.82) is 0 Å². The van der Waals surface area contributed by atoms with Crippen LogP contribution in [0.4, 0.5) is 5.69 Å². The van der Waals surface area contributed by atoms with E-state index in [1.54, 1.807) is 6.07 Å². The van der Waals surface area contributed by atoms with E-state index in [-0.39, 0.29) is 35.7 Å². The predicted molar refractivity (Wildman–Crippen MR) is 108 cm³/mol. The topological polar surface area (TPSA) is 126 Å². The lowest BCUT2D eigenvalue weighted by molar-refractivity contribution is -0.385. The van der Waals surface area contributed by atoms with Gasteiger partial charge in [-0.1, -0.05) is 12.8 Å². The molecule has 160 valence electrons. The average molecular weight is 416 g/mol. The van der Waals surface area contributed by atoms with E-state index in [0.717, 1.165) is 37.4 Å². The van der Waals surface area contributed by atoms with Crippen LogP contribution in [0.25, 0.3) is 0 Å². The van der Waals surface area contributed by atoms with Crippen LogP contribution in [0.1, 0.15) is 47.7 Å².